The number of piperazine rings is 1. The van der Waals surface area contributed by atoms with Crippen LogP contribution in [0.1, 0.15) is 38.6 Å². The summed E-state index contributed by atoms with van der Waals surface area (Å²) in [5, 5.41) is 0. The number of nitrogens with zero attached hydrogens (tertiary/aromatic N) is 4. The lowest BCUT2D eigenvalue weighted by Crippen LogP contribution is -2.51. The summed E-state index contributed by atoms with van der Waals surface area (Å²) in [5.41, 5.74) is 2.99. The fraction of sp³-hybridized carbons (Fsp3) is 0.650. The van der Waals surface area contributed by atoms with E-state index in [-0.39, 0.29) is 23.3 Å². The number of rotatable bonds is 2. The van der Waals surface area contributed by atoms with Crippen LogP contribution in [0.4, 0.5) is 5.69 Å². The Labute approximate surface area is 156 Å². The summed E-state index contributed by atoms with van der Waals surface area (Å²) < 4.78 is 0. The molecule has 2 fully saturated rings. The Kier molecular flexibility index (Phi) is 4.95. The molecule has 142 valence electrons. The number of likely N-dealkylation sites (tertiary alicyclic amines) is 1. The molecule has 0 aromatic carbocycles. The zero-order valence-corrected chi connectivity index (χ0v) is 16.6. The van der Waals surface area contributed by atoms with E-state index in [1.807, 2.05) is 44.4 Å². The van der Waals surface area contributed by atoms with Crippen molar-refractivity contribution in [3.8, 4) is 0 Å². The molecule has 0 saturated carbocycles. The summed E-state index contributed by atoms with van der Waals surface area (Å²) in [6.07, 6.45) is 0.346. The molecule has 0 unspecified atom stereocenters. The third-order valence-corrected chi connectivity index (χ3v) is 5.31. The zero-order valence-electron chi connectivity index (χ0n) is 16.6. The Morgan fingerprint density at radius 1 is 1.08 bits per heavy atom. The molecule has 2 aliphatic rings. The van der Waals surface area contributed by atoms with Crippen LogP contribution in [0, 0.1) is 19.8 Å². The minimum Gasteiger partial charge on any atom is -0.368 e. The molecule has 3 heterocycles. The molecule has 0 aliphatic carbocycles. The van der Waals surface area contributed by atoms with E-state index < -0.39 is 0 Å². The summed E-state index contributed by atoms with van der Waals surface area (Å²) in [6, 6.07) is 4.20. The van der Waals surface area contributed by atoms with Crippen LogP contribution in [0.15, 0.2) is 12.1 Å². The monoisotopic (exact) mass is 358 g/mol. The van der Waals surface area contributed by atoms with Crippen molar-refractivity contribution in [2.24, 2.45) is 5.92 Å². The normalized spacial score (nSPS) is 21.5. The number of carbonyl (C=O) groups excluding carboxylic acids is 2. The molecule has 2 aliphatic heterocycles. The molecule has 0 bridgehead atoms. The Bertz CT molecular complexity index is 682. The lowest BCUT2D eigenvalue weighted by molar-refractivity contribution is -0.136. The van der Waals surface area contributed by atoms with Crippen molar-refractivity contribution in [1.82, 2.24) is 14.8 Å². The SMILES string of the molecule is Cc1cc(N2CCN(C(=O)[C@H]3CC(=O)N(C(C)(C)C)C3)CC2)cc(C)n1. The predicted octanol–water partition coefficient (Wildman–Crippen LogP) is 1.99. The Hall–Kier alpha value is -2.11. The van der Waals surface area contributed by atoms with Crippen molar-refractivity contribution >= 4 is 17.5 Å². The van der Waals surface area contributed by atoms with Crippen molar-refractivity contribution in [2.45, 2.75) is 46.6 Å². The van der Waals surface area contributed by atoms with Crippen LogP contribution in [-0.4, -0.2) is 64.9 Å². The second-order valence-electron chi connectivity index (χ2n) is 8.50. The highest BCUT2D eigenvalue weighted by Crippen LogP contribution is 2.27. The van der Waals surface area contributed by atoms with Gasteiger partial charge in [-0.25, -0.2) is 0 Å². The van der Waals surface area contributed by atoms with Crippen molar-refractivity contribution < 1.29 is 9.59 Å². The van der Waals surface area contributed by atoms with Gasteiger partial charge in [0, 0.05) is 61.8 Å². The van der Waals surface area contributed by atoms with E-state index in [0.717, 1.165) is 24.5 Å². The number of hydrogen-bond acceptors (Lipinski definition) is 4. The largest absolute Gasteiger partial charge is 0.368 e. The van der Waals surface area contributed by atoms with Gasteiger partial charge in [0.15, 0.2) is 0 Å². The fourth-order valence-electron chi connectivity index (χ4n) is 3.96. The first-order valence-electron chi connectivity index (χ1n) is 9.44. The molecule has 0 spiro atoms. The smallest absolute Gasteiger partial charge is 0.228 e. The van der Waals surface area contributed by atoms with E-state index in [1.54, 1.807) is 0 Å². The zero-order chi connectivity index (χ0) is 19.1. The van der Waals surface area contributed by atoms with E-state index in [2.05, 4.69) is 22.0 Å². The minimum absolute atomic E-state index is 0.0946. The summed E-state index contributed by atoms with van der Waals surface area (Å²) in [7, 11) is 0. The van der Waals surface area contributed by atoms with E-state index in [9.17, 15) is 9.59 Å². The van der Waals surface area contributed by atoms with Crippen LogP contribution in [-0.2, 0) is 9.59 Å². The number of carbonyl (C=O) groups is 2. The number of aromatic nitrogens is 1. The van der Waals surface area contributed by atoms with Crippen LogP contribution in [0.5, 0.6) is 0 Å². The average Bonchev–Trinajstić information content (AvgIpc) is 2.95. The number of aryl methyl sites for hydroxylation is 2. The second-order valence-corrected chi connectivity index (χ2v) is 8.50. The molecule has 1 aromatic heterocycles. The standard InChI is InChI=1S/C20H30N4O2/c1-14-10-17(11-15(2)21-14)22-6-8-23(9-7-22)19(26)16-12-18(25)24(13-16)20(3,4)5/h10-11,16H,6-9,12-13H2,1-5H3/t16-/m0/s1. The van der Waals surface area contributed by atoms with Gasteiger partial charge in [-0.15, -0.1) is 0 Å². The maximum absolute atomic E-state index is 12.9. The average molecular weight is 358 g/mol. The molecule has 0 N–H and O–H groups in total. The van der Waals surface area contributed by atoms with Gasteiger partial charge in [-0.2, -0.15) is 0 Å². The minimum atomic E-state index is -0.220. The Morgan fingerprint density at radius 3 is 2.15 bits per heavy atom. The summed E-state index contributed by atoms with van der Waals surface area (Å²) >= 11 is 0. The van der Waals surface area contributed by atoms with Crippen molar-refractivity contribution in [3.05, 3.63) is 23.5 Å². The number of pyridine rings is 1. The molecule has 0 radical (unpaired) electrons. The van der Waals surface area contributed by atoms with Gasteiger partial charge in [-0.1, -0.05) is 0 Å². The van der Waals surface area contributed by atoms with Gasteiger partial charge in [0.1, 0.15) is 0 Å². The summed E-state index contributed by atoms with van der Waals surface area (Å²) in [4.78, 5) is 35.7. The molecule has 1 aromatic rings. The number of amides is 2. The Balaban J connectivity index is 1.60. The topological polar surface area (TPSA) is 56.8 Å². The summed E-state index contributed by atoms with van der Waals surface area (Å²) in [6.45, 7) is 13.7. The third kappa shape index (κ3) is 3.84. The molecule has 26 heavy (non-hydrogen) atoms. The van der Waals surface area contributed by atoms with Gasteiger partial charge in [0.05, 0.1) is 5.92 Å². The maximum atomic E-state index is 12.9. The van der Waals surface area contributed by atoms with Gasteiger partial charge in [-0.3, -0.25) is 14.6 Å². The Morgan fingerprint density at radius 2 is 1.65 bits per heavy atom. The molecule has 2 saturated heterocycles. The van der Waals surface area contributed by atoms with E-state index in [1.165, 1.54) is 5.69 Å². The van der Waals surface area contributed by atoms with Crippen molar-refractivity contribution in [1.29, 1.82) is 0 Å². The van der Waals surface area contributed by atoms with Crippen LogP contribution >= 0.6 is 0 Å². The highest BCUT2D eigenvalue weighted by Gasteiger charge is 2.41. The van der Waals surface area contributed by atoms with Gasteiger partial charge in [0.25, 0.3) is 0 Å². The fourth-order valence-corrected chi connectivity index (χ4v) is 3.96. The van der Waals surface area contributed by atoms with Gasteiger partial charge in [-0.05, 0) is 46.8 Å². The first-order valence-corrected chi connectivity index (χ1v) is 9.44. The molecule has 6 nitrogen and oxygen atoms in total. The van der Waals surface area contributed by atoms with Crippen LogP contribution in [0.3, 0.4) is 0 Å². The van der Waals surface area contributed by atoms with Crippen LogP contribution in [0.25, 0.3) is 0 Å². The molecule has 1 atom stereocenters. The molecular weight excluding hydrogens is 328 g/mol. The first kappa shape index (κ1) is 18.7. The summed E-state index contributed by atoms with van der Waals surface area (Å²) in [5.74, 6) is 0.0303. The molecular formula is C20H30N4O2. The van der Waals surface area contributed by atoms with Crippen LogP contribution in [0.2, 0.25) is 0 Å². The highest BCUT2D eigenvalue weighted by molar-refractivity contribution is 5.89. The van der Waals surface area contributed by atoms with E-state index in [0.29, 0.717) is 26.1 Å². The highest BCUT2D eigenvalue weighted by atomic mass is 16.2. The van der Waals surface area contributed by atoms with Crippen molar-refractivity contribution in [2.75, 3.05) is 37.6 Å². The molecule has 2 amide bonds. The predicted molar refractivity (Wildman–Crippen MR) is 102 cm³/mol. The second kappa shape index (κ2) is 6.89. The third-order valence-electron chi connectivity index (χ3n) is 5.31. The maximum Gasteiger partial charge on any atom is 0.228 e. The quantitative estimate of drug-likeness (QED) is 0.811. The molecule has 3 rings (SSSR count). The first-order chi connectivity index (χ1) is 12.1. The van der Waals surface area contributed by atoms with Crippen molar-refractivity contribution in [3.63, 3.8) is 0 Å². The van der Waals surface area contributed by atoms with E-state index in [4.69, 9.17) is 0 Å². The number of hydrogen-bond donors (Lipinski definition) is 0. The number of anilines is 1. The van der Waals surface area contributed by atoms with Gasteiger partial charge < -0.3 is 14.7 Å². The van der Waals surface area contributed by atoms with E-state index >= 15 is 0 Å². The lowest BCUT2D eigenvalue weighted by Gasteiger charge is -2.37. The molecule has 6 heteroatoms. The van der Waals surface area contributed by atoms with Crippen LogP contribution < -0.4 is 4.90 Å². The lowest BCUT2D eigenvalue weighted by atomic mass is 10.1. The van der Waals surface area contributed by atoms with Gasteiger partial charge in [0.2, 0.25) is 11.8 Å². The van der Waals surface area contributed by atoms with Gasteiger partial charge >= 0.3 is 0 Å².